The summed E-state index contributed by atoms with van der Waals surface area (Å²) >= 11 is 6.01. The molecule has 0 aromatic heterocycles. The molecule has 0 bridgehead atoms. The molecule has 1 saturated heterocycles. The second-order valence-corrected chi connectivity index (χ2v) is 6.57. The summed E-state index contributed by atoms with van der Waals surface area (Å²) in [5.74, 6) is 0. The van der Waals surface area contributed by atoms with E-state index in [2.05, 4.69) is 15.6 Å². The Bertz CT molecular complexity index is 665. The van der Waals surface area contributed by atoms with Gasteiger partial charge in [0.15, 0.2) is 5.69 Å². The lowest BCUT2D eigenvalue weighted by atomic mass is 10.1. The third kappa shape index (κ3) is 4.13. The number of hydrogen-bond acceptors (Lipinski definition) is 4. The minimum atomic E-state index is -0.999. The molecule has 1 unspecified atom stereocenters. The molecule has 10 heteroatoms. The molecule has 136 valence electrons. The number of piperidine rings is 1. The maximum absolute atomic E-state index is 12.2. The lowest BCUT2D eigenvalue weighted by Crippen LogP contribution is -3.12. The molecule has 2 aliphatic heterocycles. The van der Waals surface area contributed by atoms with Crippen LogP contribution in [0.2, 0.25) is 5.02 Å². The first kappa shape index (κ1) is 17.7. The number of carboxylic acid groups (broad SMARTS) is 1. The molecule has 0 spiro atoms. The normalized spacial score (nSPS) is 21.6. The molecular formula is C15H20ClN5O4. The standard InChI is InChI=1S/C15H20ClN5O4/c16-10-1-2-12-13(9-10)20(14(22)18-21(12)25)8-7-19-5-3-11(4-6-19)17-15(23)24/h1-2,9,11,17,21H,3-8H2,(H,18,22)(H,23,24). The fraction of sp³-hybridized carbons (Fsp3) is 0.467. The van der Waals surface area contributed by atoms with Gasteiger partial charge in [0.05, 0.1) is 0 Å². The number of nitrogens with zero attached hydrogens (tertiary/aromatic N) is 2. The van der Waals surface area contributed by atoms with Crippen LogP contribution in [0.1, 0.15) is 12.8 Å². The van der Waals surface area contributed by atoms with Crippen molar-refractivity contribution in [1.29, 1.82) is 0 Å². The van der Waals surface area contributed by atoms with Gasteiger partial charge in [0.25, 0.3) is 0 Å². The van der Waals surface area contributed by atoms with Crippen molar-refractivity contribution < 1.29 is 19.9 Å². The summed E-state index contributed by atoms with van der Waals surface area (Å²) < 4.78 is 0. The van der Waals surface area contributed by atoms with Crippen LogP contribution in [-0.2, 0) is 0 Å². The van der Waals surface area contributed by atoms with Crippen molar-refractivity contribution in [3.05, 3.63) is 28.4 Å². The maximum atomic E-state index is 12.2. The number of urea groups is 1. The van der Waals surface area contributed by atoms with Crippen LogP contribution < -0.4 is 20.8 Å². The molecule has 0 saturated carbocycles. The van der Waals surface area contributed by atoms with E-state index >= 15 is 0 Å². The Morgan fingerprint density at radius 2 is 2.12 bits per heavy atom. The number of halogens is 1. The van der Waals surface area contributed by atoms with Gasteiger partial charge in [-0.15, -0.1) is 0 Å². The van der Waals surface area contributed by atoms with E-state index < -0.39 is 17.3 Å². The van der Waals surface area contributed by atoms with E-state index in [-0.39, 0.29) is 6.04 Å². The quantitative estimate of drug-likeness (QED) is 0.578. The van der Waals surface area contributed by atoms with Crippen LogP contribution in [0.15, 0.2) is 18.2 Å². The summed E-state index contributed by atoms with van der Waals surface area (Å²) in [6.45, 7) is 2.56. The summed E-state index contributed by atoms with van der Waals surface area (Å²) in [6.07, 6.45) is 0.472. The maximum Gasteiger partial charge on any atom is 0.404 e. The number of nitrogens with one attached hydrogen (secondary N) is 3. The van der Waals surface area contributed by atoms with E-state index in [1.54, 1.807) is 18.2 Å². The topological polar surface area (TPSA) is 112 Å². The number of quaternary nitrogens is 1. The fourth-order valence-electron chi connectivity index (χ4n) is 3.20. The summed E-state index contributed by atoms with van der Waals surface area (Å²) in [6, 6.07) is 4.37. The minimum Gasteiger partial charge on any atom is -0.603 e. The number of likely N-dealkylation sites (tertiary alicyclic amines) is 1. The number of carbonyl (C=O) groups is 2. The lowest BCUT2D eigenvalue weighted by Gasteiger charge is -2.37. The van der Waals surface area contributed by atoms with Crippen molar-refractivity contribution in [2.45, 2.75) is 18.9 Å². The van der Waals surface area contributed by atoms with Crippen LogP contribution in [-0.4, -0.2) is 54.4 Å². The summed E-state index contributed by atoms with van der Waals surface area (Å²) in [7, 11) is 0. The Morgan fingerprint density at radius 1 is 1.40 bits per heavy atom. The predicted octanol–water partition coefficient (Wildman–Crippen LogP) is 0.531. The molecule has 1 aromatic rings. The number of amides is 3. The highest BCUT2D eigenvalue weighted by molar-refractivity contribution is 6.31. The Labute approximate surface area is 149 Å². The molecule has 0 radical (unpaired) electrons. The Balaban J connectivity index is 1.60. The molecule has 4 N–H and O–H groups in total. The highest BCUT2D eigenvalue weighted by atomic mass is 35.5. The van der Waals surface area contributed by atoms with Gasteiger partial charge in [-0.3, -0.25) is 4.90 Å². The summed E-state index contributed by atoms with van der Waals surface area (Å²) in [5, 5.41) is 23.2. The number of anilines is 1. The molecule has 3 amide bonds. The van der Waals surface area contributed by atoms with Gasteiger partial charge < -0.3 is 20.5 Å². The van der Waals surface area contributed by atoms with E-state index in [0.717, 1.165) is 25.9 Å². The first-order valence-electron chi connectivity index (χ1n) is 8.08. The summed E-state index contributed by atoms with van der Waals surface area (Å²) in [5.41, 5.74) is 3.27. The van der Waals surface area contributed by atoms with Crippen molar-refractivity contribution >= 4 is 35.1 Å². The van der Waals surface area contributed by atoms with Gasteiger partial charge in [0.2, 0.25) is 0 Å². The number of hydrogen-bond donors (Lipinski definition) is 4. The molecule has 1 aromatic carbocycles. The average Bonchev–Trinajstić information content (AvgIpc) is 2.55. The highest BCUT2D eigenvalue weighted by Crippen LogP contribution is 2.28. The average molecular weight is 370 g/mol. The van der Waals surface area contributed by atoms with Crippen LogP contribution in [0, 0.1) is 5.21 Å². The number of fused-ring (bicyclic) bond motifs is 1. The number of carbonyl (C=O) groups excluding carboxylic acids is 1. The fourth-order valence-corrected chi connectivity index (χ4v) is 3.37. The molecule has 3 rings (SSSR count). The van der Waals surface area contributed by atoms with Crippen LogP contribution in [0.3, 0.4) is 0 Å². The van der Waals surface area contributed by atoms with Crippen molar-refractivity contribution in [3.63, 3.8) is 0 Å². The molecule has 9 nitrogen and oxygen atoms in total. The largest absolute Gasteiger partial charge is 0.603 e. The Kier molecular flexibility index (Phi) is 5.28. The predicted molar refractivity (Wildman–Crippen MR) is 91.9 cm³/mol. The van der Waals surface area contributed by atoms with Crippen molar-refractivity contribution in [3.8, 4) is 0 Å². The van der Waals surface area contributed by atoms with Crippen molar-refractivity contribution in [1.82, 2.24) is 15.6 Å². The first-order valence-corrected chi connectivity index (χ1v) is 8.46. The molecule has 1 atom stereocenters. The zero-order valence-electron chi connectivity index (χ0n) is 13.5. The highest BCUT2D eigenvalue weighted by Gasteiger charge is 2.30. The summed E-state index contributed by atoms with van der Waals surface area (Å²) in [4.78, 5) is 26.5. The van der Waals surface area contributed by atoms with E-state index in [0.29, 0.717) is 29.5 Å². The first-order chi connectivity index (χ1) is 11.9. The second kappa shape index (κ2) is 7.44. The van der Waals surface area contributed by atoms with Crippen LogP contribution >= 0.6 is 11.6 Å². The third-order valence-corrected chi connectivity index (χ3v) is 4.75. The van der Waals surface area contributed by atoms with Gasteiger partial charge in [-0.1, -0.05) is 11.6 Å². The monoisotopic (exact) mass is 369 g/mol. The molecular weight excluding hydrogens is 350 g/mol. The van der Waals surface area contributed by atoms with Gasteiger partial charge in [-0.2, -0.15) is 5.43 Å². The van der Waals surface area contributed by atoms with Gasteiger partial charge in [-0.25, -0.2) is 14.8 Å². The molecule has 0 aliphatic carbocycles. The number of benzene rings is 1. The molecule has 2 aliphatic rings. The molecule has 1 fully saturated rings. The smallest absolute Gasteiger partial charge is 0.404 e. The van der Waals surface area contributed by atoms with E-state index in [9.17, 15) is 14.8 Å². The van der Waals surface area contributed by atoms with Crippen LogP contribution in [0.4, 0.5) is 21.0 Å². The Morgan fingerprint density at radius 3 is 2.80 bits per heavy atom. The Hall–Kier alpha value is -2.07. The van der Waals surface area contributed by atoms with Gasteiger partial charge in [0, 0.05) is 43.3 Å². The number of rotatable bonds is 4. The van der Waals surface area contributed by atoms with Crippen molar-refractivity contribution in [2.24, 2.45) is 0 Å². The molecule has 25 heavy (non-hydrogen) atoms. The second-order valence-electron chi connectivity index (χ2n) is 6.14. The van der Waals surface area contributed by atoms with Gasteiger partial charge >= 0.3 is 12.1 Å². The van der Waals surface area contributed by atoms with Crippen LogP contribution in [0.5, 0.6) is 0 Å². The van der Waals surface area contributed by atoms with E-state index in [4.69, 9.17) is 16.7 Å². The zero-order chi connectivity index (χ0) is 18.0. The SMILES string of the molecule is O=C(O)NC1CCN(CCN2C(=O)N[NH+]([O-])c3ccc(Cl)cc32)CC1. The lowest BCUT2D eigenvalue weighted by molar-refractivity contribution is -0.817. The van der Waals surface area contributed by atoms with Gasteiger partial charge in [0.1, 0.15) is 5.69 Å². The van der Waals surface area contributed by atoms with E-state index in [1.807, 2.05) is 0 Å². The van der Waals surface area contributed by atoms with E-state index in [1.165, 1.54) is 4.90 Å². The van der Waals surface area contributed by atoms with Crippen LogP contribution in [0.25, 0.3) is 0 Å². The van der Waals surface area contributed by atoms with Crippen molar-refractivity contribution in [2.75, 3.05) is 31.1 Å². The van der Waals surface area contributed by atoms with Gasteiger partial charge in [-0.05, 0) is 25.0 Å². The molecule has 2 heterocycles. The third-order valence-electron chi connectivity index (χ3n) is 4.52. The minimum absolute atomic E-state index is 0.0239. The zero-order valence-corrected chi connectivity index (χ0v) is 14.3.